The fourth-order valence-corrected chi connectivity index (χ4v) is 6.67. The molecular weight excluding hydrogens is 667 g/mol. The lowest BCUT2D eigenvalue weighted by molar-refractivity contribution is -0.138. The van der Waals surface area contributed by atoms with Crippen LogP contribution in [0.25, 0.3) is 39.2 Å². The summed E-state index contributed by atoms with van der Waals surface area (Å²) in [6.07, 6.45) is 4.50. The number of aromatic nitrogens is 3. The number of rotatable bonds is 12. The van der Waals surface area contributed by atoms with Gasteiger partial charge < -0.3 is 20.5 Å². The number of nitrogens with zero attached hydrogens (tertiary/aromatic N) is 4. The lowest BCUT2D eigenvalue weighted by Crippen LogP contribution is -2.35. The first-order chi connectivity index (χ1) is 23.6. The maximum absolute atomic E-state index is 13.1. The van der Waals surface area contributed by atoms with Crippen LogP contribution in [0.2, 0.25) is 10.0 Å². The molecule has 1 aliphatic heterocycles. The number of aliphatic carboxylic acids is 1. The zero-order valence-corrected chi connectivity index (χ0v) is 28.4. The van der Waals surface area contributed by atoms with Crippen molar-refractivity contribution in [3.63, 3.8) is 0 Å². The lowest BCUT2D eigenvalue weighted by Gasteiger charge is -2.16. The molecule has 6 rings (SSSR count). The highest BCUT2D eigenvalue weighted by Crippen LogP contribution is 2.42. The van der Waals surface area contributed by atoms with Gasteiger partial charge in [-0.2, -0.15) is 0 Å². The summed E-state index contributed by atoms with van der Waals surface area (Å²) >= 11 is 14.1. The number of benzene rings is 2. The second-order valence-corrected chi connectivity index (χ2v) is 12.7. The number of hydrogen-bond donors (Lipinski definition) is 3. The van der Waals surface area contributed by atoms with Crippen molar-refractivity contribution in [2.75, 3.05) is 27.2 Å². The van der Waals surface area contributed by atoms with Crippen LogP contribution in [0.4, 0.5) is 0 Å². The van der Waals surface area contributed by atoms with E-state index in [0.29, 0.717) is 57.9 Å². The topological polar surface area (TPSA) is 138 Å². The monoisotopic (exact) mass is 700 g/mol. The Kier molecular flexibility index (Phi) is 10.3. The minimum absolute atomic E-state index is 0.0855. The van der Waals surface area contributed by atoms with Crippen LogP contribution in [-0.2, 0) is 22.7 Å². The first-order valence-electron chi connectivity index (χ1n) is 15.7. The molecule has 252 valence electrons. The first-order valence-corrected chi connectivity index (χ1v) is 16.4. The number of carboxylic acids is 1. The summed E-state index contributed by atoms with van der Waals surface area (Å²) in [5.41, 5.74) is 5.72. The molecule has 1 fully saturated rings. The Morgan fingerprint density at radius 3 is 2.45 bits per heavy atom. The van der Waals surface area contributed by atoms with Crippen LogP contribution in [0, 0.1) is 0 Å². The third-order valence-corrected chi connectivity index (χ3v) is 9.24. The summed E-state index contributed by atoms with van der Waals surface area (Å²) in [4.78, 5) is 46.4. The molecule has 0 radical (unpaired) electrons. The average Bonchev–Trinajstić information content (AvgIpc) is 3.50. The van der Waals surface area contributed by atoms with Gasteiger partial charge in [0.05, 0.1) is 35.0 Å². The molecule has 4 heterocycles. The number of carbonyl (C=O) groups is 2. The van der Waals surface area contributed by atoms with Crippen molar-refractivity contribution < 1.29 is 19.4 Å². The summed E-state index contributed by atoms with van der Waals surface area (Å²) in [6, 6.07) is 18.9. The Morgan fingerprint density at radius 2 is 1.76 bits per heavy atom. The lowest BCUT2D eigenvalue weighted by atomic mass is 9.97. The van der Waals surface area contributed by atoms with Gasteiger partial charge in [0.1, 0.15) is 5.65 Å². The number of nitrogens with one attached hydrogen (secondary N) is 2. The molecule has 13 heteroatoms. The van der Waals surface area contributed by atoms with Crippen molar-refractivity contribution in [2.24, 2.45) is 0 Å². The van der Waals surface area contributed by atoms with E-state index < -0.39 is 5.97 Å². The van der Waals surface area contributed by atoms with E-state index in [-0.39, 0.29) is 30.6 Å². The molecule has 2 aromatic carbocycles. The van der Waals surface area contributed by atoms with E-state index >= 15 is 0 Å². The van der Waals surface area contributed by atoms with E-state index in [4.69, 9.17) is 38.0 Å². The molecule has 0 spiro atoms. The normalized spacial score (nSPS) is 14.4. The smallest absolute Gasteiger partial charge is 0.317 e. The summed E-state index contributed by atoms with van der Waals surface area (Å²) in [7, 11) is 3.21. The highest BCUT2D eigenvalue weighted by atomic mass is 35.5. The van der Waals surface area contributed by atoms with Crippen LogP contribution in [-0.4, -0.2) is 69.5 Å². The number of halogens is 2. The molecule has 3 aromatic heterocycles. The van der Waals surface area contributed by atoms with Gasteiger partial charge in [-0.3, -0.25) is 23.7 Å². The second-order valence-electron chi connectivity index (χ2n) is 11.9. The Balaban J connectivity index is 1.26. The molecule has 0 bridgehead atoms. The molecule has 49 heavy (non-hydrogen) atoms. The molecule has 1 atom stereocenters. The van der Waals surface area contributed by atoms with Crippen LogP contribution in [0.3, 0.4) is 0 Å². The number of hydrogen-bond acceptors (Lipinski definition) is 8. The highest BCUT2D eigenvalue weighted by molar-refractivity contribution is 6.39. The van der Waals surface area contributed by atoms with Crippen LogP contribution in [0.15, 0.2) is 77.9 Å². The van der Waals surface area contributed by atoms with Crippen molar-refractivity contribution in [1.29, 1.82) is 0 Å². The summed E-state index contributed by atoms with van der Waals surface area (Å²) in [6.45, 7) is 1.15. The van der Waals surface area contributed by atoms with Crippen molar-refractivity contribution in [1.82, 2.24) is 29.9 Å². The molecular formula is C36H34Cl2N6O5. The van der Waals surface area contributed by atoms with Gasteiger partial charge in [-0.05, 0) is 37.2 Å². The van der Waals surface area contributed by atoms with Crippen LogP contribution >= 0.6 is 23.2 Å². The number of likely N-dealkylation sites (N-methyl/N-ethyl adjacent to an activating group) is 1. The van der Waals surface area contributed by atoms with Gasteiger partial charge in [0.15, 0.2) is 0 Å². The molecule has 1 aliphatic rings. The number of amides is 1. The number of pyridine rings is 2. The number of methoxy groups -OCH3 is 1. The molecule has 1 amide bonds. The molecule has 0 unspecified atom stereocenters. The standard InChI is InChI=1S/C36H34Cl2N6O5/c1-43(20-32(46)47)19-23-17-40-30-15-21(13-14-44(30)36(23)48)25-5-3-6-26(33(25)37)27-7-4-8-28(34(27)38)29-11-9-22(35(42-29)49-2)16-39-18-24-10-12-31(45)41-24/h3-9,11,13-15,17,24,39H,10,12,16,18-20H2,1-2H3,(H,41,45)(H,46,47)/t24-/m0/s1. The van der Waals surface area contributed by atoms with Crippen molar-refractivity contribution in [3.8, 4) is 39.4 Å². The molecule has 3 N–H and O–H groups in total. The first kappa shape index (κ1) is 34.1. The maximum atomic E-state index is 13.1. The summed E-state index contributed by atoms with van der Waals surface area (Å²) in [5, 5.41) is 16.3. The maximum Gasteiger partial charge on any atom is 0.317 e. The van der Waals surface area contributed by atoms with Gasteiger partial charge in [0, 0.05) is 72.3 Å². The number of carboxylic acid groups (broad SMARTS) is 1. The zero-order chi connectivity index (χ0) is 34.7. The molecule has 0 saturated carbocycles. The van der Waals surface area contributed by atoms with Crippen LogP contribution < -0.4 is 20.9 Å². The Labute approximate surface area is 292 Å². The van der Waals surface area contributed by atoms with Gasteiger partial charge >= 0.3 is 5.97 Å². The summed E-state index contributed by atoms with van der Waals surface area (Å²) in [5.74, 6) is -0.413. The predicted molar refractivity (Wildman–Crippen MR) is 189 cm³/mol. The number of carbonyl (C=O) groups excluding carboxylic acids is 1. The second kappa shape index (κ2) is 14.8. The third-order valence-electron chi connectivity index (χ3n) is 8.42. The average molecular weight is 702 g/mol. The zero-order valence-electron chi connectivity index (χ0n) is 26.9. The molecule has 5 aromatic rings. The molecule has 11 nitrogen and oxygen atoms in total. The van der Waals surface area contributed by atoms with Gasteiger partial charge in [-0.1, -0.05) is 65.7 Å². The minimum Gasteiger partial charge on any atom is -0.481 e. The highest BCUT2D eigenvalue weighted by Gasteiger charge is 2.21. The van der Waals surface area contributed by atoms with Gasteiger partial charge in [-0.25, -0.2) is 9.97 Å². The van der Waals surface area contributed by atoms with Gasteiger partial charge in [0.2, 0.25) is 11.8 Å². The van der Waals surface area contributed by atoms with E-state index in [0.717, 1.165) is 34.2 Å². The van der Waals surface area contributed by atoms with Crippen molar-refractivity contribution in [3.05, 3.63) is 105 Å². The fourth-order valence-electron chi connectivity index (χ4n) is 6.01. The molecule has 1 saturated heterocycles. The van der Waals surface area contributed by atoms with E-state index in [1.807, 2.05) is 48.5 Å². The van der Waals surface area contributed by atoms with E-state index in [2.05, 4.69) is 15.6 Å². The minimum atomic E-state index is -0.975. The van der Waals surface area contributed by atoms with Crippen LogP contribution in [0.1, 0.15) is 24.0 Å². The number of fused-ring (bicyclic) bond motifs is 1. The Hall–Kier alpha value is -4.81. The Morgan fingerprint density at radius 1 is 1.04 bits per heavy atom. The quantitative estimate of drug-likeness (QED) is 0.159. The third kappa shape index (κ3) is 7.45. The largest absolute Gasteiger partial charge is 0.481 e. The van der Waals surface area contributed by atoms with E-state index in [1.165, 1.54) is 15.5 Å². The van der Waals surface area contributed by atoms with Gasteiger partial charge in [-0.15, -0.1) is 0 Å². The van der Waals surface area contributed by atoms with E-state index in [9.17, 15) is 14.4 Å². The van der Waals surface area contributed by atoms with Crippen molar-refractivity contribution >= 4 is 40.7 Å². The SMILES string of the molecule is COc1nc(-c2cccc(-c3cccc(-c4ccn5c(=O)c(CN(C)CC(=O)O)cnc5c4)c3Cl)c2Cl)ccc1CNC[C@@H]1CCC(=O)N1. The molecule has 0 aliphatic carbocycles. The Bertz CT molecular complexity index is 2120. The fraction of sp³-hybridized carbons (Fsp3) is 0.250. The predicted octanol–water partition coefficient (Wildman–Crippen LogP) is 5.29. The number of ether oxygens (including phenoxy) is 1. The van der Waals surface area contributed by atoms with Crippen molar-refractivity contribution in [2.45, 2.75) is 32.0 Å². The van der Waals surface area contributed by atoms with E-state index in [1.54, 1.807) is 32.5 Å². The van der Waals surface area contributed by atoms with Gasteiger partial charge in [0.25, 0.3) is 5.56 Å². The summed E-state index contributed by atoms with van der Waals surface area (Å²) < 4.78 is 7.06. The van der Waals surface area contributed by atoms with Crippen LogP contribution in [0.5, 0.6) is 5.88 Å².